The number of rotatable bonds is 3. The smallest absolute Gasteiger partial charge is 0.122 e. The normalized spacial score (nSPS) is 22.8. The minimum Gasteiger partial charge on any atom is -0.488 e. The largest absolute Gasteiger partial charge is 0.488 e. The van der Waals surface area contributed by atoms with Gasteiger partial charge in [-0.1, -0.05) is 12.1 Å². The molecule has 0 spiro atoms. The Bertz CT molecular complexity index is 312. The van der Waals surface area contributed by atoms with Gasteiger partial charge >= 0.3 is 0 Å². The van der Waals surface area contributed by atoms with Gasteiger partial charge in [-0.25, -0.2) is 0 Å². The molecule has 1 N–H and O–H groups in total. The Kier molecular flexibility index (Phi) is 3.80. The maximum atomic E-state index is 9.38. The molecular weight excluding hydrogens is 204 g/mol. The maximum absolute atomic E-state index is 9.38. The Labute approximate surface area is 96.0 Å². The van der Waals surface area contributed by atoms with Crippen molar-refractivity contribution in [1.82, 2.24) is 0 Å². The molecule has 1 aromatic carbocycles. The quantitative estimate of drug-likeness (QED) is 0.852. The summed E-state index contributed by atoms with van der Waals surface area (Å²) in [5, 5.41) is 9.38. The van der Waals surface area contributed by atoms with Gasteiger partial charge in [-0.15, -0.1) is 0 Å². The molecule has 1 fully saturated rings. The summed E-state index contributed by atoms with van der Waals surface area (Å²) >= 11 is 0. The molecule has 2 atom stereocenters. The van der Waals surface area contributed by atoms with E-state index in [9.17, 15) is 5.11 Å². The summed E-state index contributed by atoms with van der Waals surface area (Å²) in [6, 6.07) is 7.58. The lowest BCUT2D eigenvalue weighted by atomic mass is 10.1. The summed E-state index contributed by atoms with van der Waals surface area (Å²) in [6.07, 6.45) is 1.87. The second kappa shape index (κ2) is 5.32. The molecule has 3 nitrogen and oxygen atoms in total. The topological polar surface area (TPSA) is 38.7 Å². The van der Waals surface area contributed by atoms with Crippen molar-refractivity contribution in [2.45, 2.75) is 32.0 Å². The molecule has 0 saturated carbocycles. The van der Waals surface area contributed by atoms with E-state index in [2.05, 4.69) is 0 Å². The fourth-order valence-corrected chi connectivity index (χ4v) is 1.82. The first-order chi connectivity index (χ1) is 7.75. The van der Waals surface area contributed by atoms with Gasteiger partial charge in [0.15, 0.2) is 0 Å². The van der Waals surface area contributed by atoms with Gasteiger partial charge in [0, 0.05) is 6.61 Å². The fraction of sp³-hybridized carbons (Fsp3) is 0.538. The van der Waals surface area contributed by atoms with Gasteiger partial charge in [-0.3, -0.25) is 0 Å². The molecule has 0 bridgehead atoms. The van der Waals surface area contributed by atoms with E-state index in [0.717, 1.165) is 30.8 Å². The average molecular weight is 222 g/mol. The molecule has 1 aliphatic heterocycles. The van der Waals surface area contributed by atoms with Gasteiger partial charge in [0.2, 0.25) is 0 Å². The van der Waals surface area contributed by atoms with Crippen molar-refractivity contribution in [2.75, 3.05) is 13.2 Å². The highest BCUT2D eigenvalue weighted by atomic mass is 16.5. The van der Waals surface area contributed by atoms with Crippen LogP contribution in [0.5, 0.6) is 5.75 Å². The van der Waals surface area contributed by atoms with E-state index in [1.165, 1.54) is 0 Å². The fourth-order valence-electron chi connectivity index (χ4n) is 1.82. The Morgan fingerprint density at radius 2 is 2.12 bits per heavy atom. The van der Waals surface area contributed by atoms with Crippen LogP contribution in [0.3, 0.4) is 0 Å². The molecule has 16 heavy (non-hydrogen) atoms. The highest BCUT2D eigenvalue weighted by Crippen LogP contribution is 2.20. The number of benzene rings is 1. The van der Waals surface area contributed by atoms with Crippen LogP contribution in [-0.2, 0) is 4.74 Å². The van der Waals surface area contributed by atoms with E-state index in [4.69, 9.17) is 9.47 Å². The Hall–Kier alpha value is -1.06. The third-order valence-corrected chi connectivity index (χ3v) is 2.78. The average Bonchev–Trinajstić information content (AvgIpc) is 2.31. The molecule has 2 rings (SSSR count). The molecule has 1 aliphatic rings. The van der Waals surface area contributed by atoms with Crippen LogP contribution in [0.1, 0.15) is 31.4 Å². The number of aliphatic hydroxyl groups excluding tert-OH is 1. The summed E-state index contributed by atoms with van der Waals surface area (Å²) in [4.78, 5) is 0. The van der Waals surface area contributed by atoms with E-state index >= 15 is 0 Å². The van der Waals surface area contributed by atoms with Crippen molar-refractivity contribution in [2.24, 2.45) is 0 Å². The van der Waals surface area contributed by atoms with Crippen LogP contribution in [0.4, 0.5) is 0 Å². The summed E-state index contributed by atoms with van der Waals surface area (Å²) in [5.41, 5.74) is 0.909. The summed E-state index contributed by atoms with van der Waals surface area (Å²) in [6.45, 7) is 3.28. The second-order valence-corrected chi connectivity index (χ2v) is 4.20. The Morgan fingerprint density at radius 3 is 2.69 bits per heavy atom. The molecule has 3 heteroatoms. The van der Waals surface area contributed by atoms with Crippen LogP contribution >= 0.6 is 0 Å². The molecule has 1 aromatic rings. The van der Waals surface area contributed by atoms with Crippen molar-refractivity contribution >= 4 is 0 Å². The highest BCUT2D eigenvalue weighted by Gasteiger charge is 2.15. The first-order valence-corrected chi connectivity index (χ1v) is 5.78. The van der Waals surface area contributed by atoms with Crippen LogP contribution in [-0.4, -0.2) is 24.4 Å². The molecule has 88 valence electrons. The first kappa shape index (κ1) is 11.4. The van der Waals surface area contributed by atoms with Crippen molar-refractivity contribution in [3.63, 3.8) is 0 Å². The summed E-state index contributed by atoms with van der Waals surface area (Å²) < 4.78 is 11.1. The van der Waals surface area contributed by atoms with Gasteiger partial charge in [0.25, 0.3) is 0 Å². The predicted octanol–water partition coefficient (Wildman–Crippen LogP) is 2.30. The van der Waals surface area contributed by atoms with E-state index in [0.29, 0.717) is 6.61 Å². The molecular formula is C13H18O3. The van der Waals surface area contributed by atoms with Gasteiger partial charge in [0.05, 0.1) is 12.7 Å². The van der Waals surface area contributed by atoms with Crippen LogP contribution in [0.2, 0.25) is 0 Å². The monoisotopic (exact) mass is 222 g/mol. The zero-order valence-corrected chi connectivity index (χ0v) is 9.56. The lowest BCUT2D eigenvalue weighted by Gasteiger charge is -2.23. The molecule has 1 heterocycles. The Morgan fingerprint density at radius 1 is 1.38 bits per heavy atom. The minimum absolute atomic E-state index is 0.172. The summed E-state index contributed by atoms with van der Waals surface area (Å²) in [7, 11) is 0. The van der Waals surface area contributed by atoms with Crippen LogP contribution in [0.25, 0.3) is 0 Å². The van der Waals surface area contributed by atoms with Crippen molar-refractivity contribution in [3.05, 3.63) is 29.8 Å². The van der Waals surface area contributed by atoms with Gasteiger partial charge in [0.1, 0.15) is 11.9 Å². The number of aliphatic hydroxyl groups is 1. The minimum atomic E-state index is -0.424. The van der Waals surface area contributed by atoms with Crippen LogP contribution in [0, 0.1) is 0 Å². The van der Waals surface area contributed by atoms with E-state index in [1.807, 2.05) is 24.3 Å². The van der Waals surface area contributed by atoms with E-state index in [1.54, 1.807) is 6.92 Å². The highest BCUT2D eigenvalue weighted by molar-refractivity contribution is 5.28. The molecule has 0 radical (unpaired) electrons. The van der Waals surface area contributed by atoms with Gasteiger partial charge in [-0.2, -0.15) is 0 Å². The first-order valence-electron chi connectivity index (χ1n) is 5.78. The molecule has 0 amide bonds. The second-order valence-electron chi connectivity index (χ2n) is 4.20. The molecule has 0 aromatic heterocycles. The van der Waals surface area contributed by atoms with Crippen molar-refractivity contribution < 1.29 is 14.6 Å². The van der Waals surface area contributed by atoms with E-state index in [-0.39, 0.29) is 6.10 Å². The van der Waals surface area contributed by atoms with Crippen molar-refractivity contribution in [1.29, 1.82) is 0 Å². The molecule has 0 aliphatic carbocycles. The lowest BCUT2D eigenvalue weighted by molar-refractivity contribution is 0.00741. The maximum Gasteiger partial charge on any atom is 0.122 e. The van der Waals surface area contributed by atoms with Gasteiger partial charge in [-0.05, 0) is 37.5 Å². The summed E-state index contributed by atoms with van der Waals surface area (Å²) in [5.74, 6) is 0.847. The Balaban J connectivity index is 1.93. The lowest BCUT2D eigenvalue weighted by Crippen LogP contribution is -2.27. The molecule has 1 unspecified atom stereocenters. The number of hydrogen-bond donors (Lipinski definition) is 1. The van der Waals surface area contributed by atoms with Gasteiger partial charge < -0.3 is 14.6 Å². The SMILES string of the molecule is C[C@H](O)c1ccc(OC2CCCOC2)cc1. The third-order valence-electron chi connectivity index (χ3n) is 2.78. The van der Waals surface area contributed by atoms with Crippen molar-refractivity contribution in [3.8, 4) is 5.75 Å². The zero-order chi connectivity index (χ0) is 11.4. The standard InChI is InChI=1S/C13H18O3/c1-10(14)11-4-6-12(7-5-11)16-13-3-2-8-15-9-13/h4-7,10,13-14H,2-3,8-9H2,1H3/t10-,13?/m0/s1. The molecule has 1 saturated heterocycles. The number of hydrogen-bond acceptors (Lipinski definition) is 3. The third kappa shape index (κ3) is 2.97. The number of ether oxygens (including phenoxy) is 2. The predicted molar refractivity (Wildman–Crippen MR) is 61.5 cm³/mol. The van der Waals surface area contributed by atoms with Crippen LogP contribution in [0.15, 0.2) is 24.3 Å². The van der Waals surface area contributed by atoms with E-state index < -0.39 is 6.10 Å². The van der Waals surface area contributed by atoms with Crippen LogP contribution < -0.4 is 4.74 Å². The zero-order valence-electron chi connectivity index (χ0n) is 9.56.